The van der Waals surface area contributed by atoms with Gasteiger partial charge in [-0.25, -0.2) is 4.79 Å². The van der Waals surface area contributed by atoms with Crippen LogP contribution in [0.25, 0.3) is 0 Å². The van der Waals surface area contributed by atoms with Gasteiger partial charge in [-0.1, -0.05) is 19.9 Å². The van der Waals surface area contributed by atoms with Crippen LogP contribution in [0.1, 0.15) is 29.8 Å². The van der Waals surface area contributed by atoms with Crippen LogP contribution in [0.3, 0.4) is 0 Å². The number of hydrogen-bond donors (Lipinski definition) is 2. The molecule has 1 aliphatic rings. The molecule has 1 aromatic rings. The first-order valence-corrected chi connectivity index (χ1v) is 6.92. The lowest BCUT2D eigenvalue weighted by Gasteiger charge is -2.09. The second kappa shape index (κ2) is 5.44. The highest BCUT2D eigenvalue weighted by atomic mass is 16.5. The summed E-state index contributed by atoms with van der Waals surface area (Å²) in [6.45, 7) is 5.28. The zero-order valence-electron chi connectivity index (χ0n) is 13.0. The van der Waals surface area contributed by atoms with Gasteiger partial charge in [-0.2, -0.15) is 0 Å². The van der Waals surface area contributed by atoms with E-state index in [-0.39, 0.29) is 5.91 Å². The molecule has 2 atom stereocenters. The quantitative estimate of drug-likeness (QED) is 0.831. The van der Waals surface area contributed by atoms with Crippen LogP contribution in [0, 0.1) is 24.2 Å². The van der Waals surface area contributed by atoms with Crippen molar-refractivity contribution in [3.05, 3.63) is 29.3 Å². The first kappa shape index (κ1) is 16.0. The molecule has 0 aromatic heterocycles. The highest BCUT2D eigenvalue weighted by Crippen LogP contribution is 2.58. The van der Waals surface area contributed by atoms with Gasteiger partial charge < -0.3 is 15.2 Å². The Morgan fingerprint density at radius 3 is 2.36 bits per heavy atom. The molecular formula is C16H19NO5. The molecule has 1 saturated carbocycles. The highest BCUT2D eigenvalue weighted by Gasteiger charge is 2.65. The first-order chi connectivity index (χ1) is 10.2. The third-order valence-electron chi connectivity index (χ3n) is 4.29. The Balaban J connectivity index is 2.17. The maximum Gasteiger partial charge on any atom is 0.338 e. The van der Waals surface area contributed by atoms with E-state index in [0.29, 0.717) is 11.3 Å². The molecule has 0 radical (unpaired) electrons. The number of rotatable bonds is 4. The van der Waals surface area contributed by atoms with Crippen LogP contribution in [0.5, 0.6) is 0 Å². The van der Waals surface area contributed by atoms with Crippen molar-refractivity contribution in [2.45, 2.75) is 20.8 Å². The normalized spacial score (nSPS) is 21.8. The predicted molar refractivity (Wildman–Crippen MR) is 79.5 cm³/mol. The summed E-state index contributed by atoms with van der Waals surface area (Å²) in [7, 11) is 1.29. The van der Waals surface area contributed by atoms with Crippen LogP contribution in [0.15, 0.2) is 18.2 Å². The third-order valence-corrected chi connectivity index (χ3v) is 4.29. The Bertz CT molecular complexity index is 650. The van der Waals surface area contributed by atoms with Crippen molar-refractivity contribution in [2.75, 3.05) is 12.4 Å². The molecule has 1 amide bonds. The number of carbonyl (C=O) groups is 3. The Kier molecular flexibility index (Phi) is 3.96. The minimum atomic E-state index is -0.968. The molecule has 0 saturated heterocycles. The number of aliphatic carboxylic acids is 1. The van der Waals surface area contributed by atoms with Gasteiger partial charge >= 0.3 is 11.9 Å². The van der Waals surface area contributed by atoms with Gasteiger partial charge in [0.25, 0.3) is 0 Å². The molecule has 118 valence electrons. The minimum Gasteiger partial charge on any atom is -0.481 e. The Labute approximate surface area is 128 Å². The van der Waals surface area contributed by atoms with E-state index >= 15 is 0 Å². The summed E-state index contributed by atoms with van der Waals surface area (Å²) in [6, 6.07) is 4.91. The Hall–Kier alpha value is -2.37. The fourth-order valence-electron chi connectivity index (χ4n) is 2.84. The molecule has 0 bridgehead atoms. The minimum absolute atomic E-state index is 0.350. The number of nitrogens with one attached hydrogen (secondary N) is 1. The van der Waals surface area contributed by atoms with E-state index in [1.165, 1.54) is 13.2 Å². The molecule has 0 spiro atoms. The van der Waals surface area contributed by atoms with Crippen molar-refractivity contribution in [3.63, 3.8) is 0 Å². The van der Waals surface area contributed by atoms with Crippen LogP contribution in [0.2, 0.25) is 0 Å². The van der Waals surface area contributed by atoms with Gasteiger partial charge in [0.1, 0.15) is 0 Å². The SMILES string of the molecule is COC(=O)c1cc(NC(=O)[C@@H]2[C@H](C(=O)O)C2(C)C)ccc1C. The summed E-state index contributed by atoms with van der Waals surface area (Å²) in [5.41, 5.74) is 0.985. The molecule has 0 heterocycles. The number of ether oxygens (including phenoxy) is 1. The zero-order chi connectivity index (χ0) is 16.7. The largest absolute Gasteiger partial charge is 0.481 e. The predicted octanol–water partition coefficient (Wildman–Crippen LogP) is 2.08. The van der Waals surface area contributed by atoms with E-state index in [0.717, 1.165) is 5.56 Å². The van der Waals surface area contributed by atoms with Crippen LogP contribution < -0.4 is 5.32 Å². The van der Waals surface area contributed by atoms with Gasteiger partial charge in [0, 0.05) is 5.69 Å². The topological polar surface area (TPSA) is 92.7 Å². The molecule has 1 fully saturated rings. The second-order valence-electron chi connectivity index (χ2n) is 6.13. The smallest absolute Gasteiger partial charge is 0.338 e. The van der Waals surface area contributed by atoms with Crippen molar-refractivity contribution in [1.82, 2.24) is 0 Å². The van der Waals surface area contributed by atoms with E-state index in [9.17, 15) is 14.4 Å². The Morgan fingerprint density at radius 1 is 1.23 bits per heavy atom. The maximum atomic E-state index is 12.3. The third kappa shape index (κ3) is 2.68. The van der Waals surface area contributed by atoms with E-state index in [1.807, 2.05) is 0 Å². The van der Waals surface area contributed by atoms with Gasteiger partial charge in [-0.3, -0.25) is 9.59 Å². The fraction of sp³-hybridized carbons (Fsp3) is 0.438. The molecule has 6 heteroatoms. The summed E-state index contributed by atoms with van der Waals surface area (Å²) in [5.74, 6) is -3.06. The number of anilines is 1. The average Bonchev–Trinajstić information content (AvgIpc) is 3.03. The van der Waals surface area contributed by atoms with Gasteiger partial charge in [0.05, 0.1) is 24.5 Å². The van der Waals surface area contributed by atoms with Crippen molar-refractivity contribution >= 4 is 23.5 Å². The molecule has 2 rings (SSSR count). The van der Waals surface area contributed by atoms with Crippen molar-refractivity contribution in [1.29, 1.82) is 0 Å². The maximum absolute atomic E-state index is 12.3. The molecule has 1 aliphatic carbocycles. The first-order valence-electron chi connectivity index (χ1n) is 6.92. The van der Waals surface area contributed by atoms with Crippen molar-refractivity contribution in [3.8, 4) is 0 Å². The molecule has 22 heavy (non-hydrogen) atoms. The van der Waals surface area contributed by atoms with E-state index in [2.05, 4.69) is 10.1 Å². The van der Waals surface area contributed by atoms with Crippen molar-refractivity contribution < 1.29 is 24.2 Å². The number of aryl methyl sites for hydroxylation is 1. The Morgan fingerprint density at radius 2 is 1.86 bits per heavy atom. The lowest BCUT2D eigenvalue weighted by atomic mass is 10.1. The van der Waals surface area contributed by atoms with Gasteiger partial charge in [-0.15, -0.1) is 0 Å². The molecular weight excluding hydrogens is 286 g/mol. The molecule has 0 aliphatic heterocycles. The number of esters is 1. The van der Waals surface area contributed by atoms with Gasteiger partial charge in [0.2, 0.25) is 5.91 Å². The number of carboxylic acid groups (broad SMARTS) is 1. The molecule has 1 aromatic carbocycles. The summed E-state index contributed by atoms with van der Waals surface area (Å²) < 4.78 is 4.69. The number of hydrogen-bond acceptors (Lipinski definition) is 4. The van der Waals surface area contributed by atoms with Gasteiger partial charge in [0.15, 0.2) is 0 Å². The van der Waals surface area contributed by atoms with E-state index < -0.39 is 29.2 Å². The van der Waals surface area contributed by atoms with Crippen LogP contribution >= 0.6 is 0 Å². The number of carbonyl (C=O) groups excluding carboxylic acids is 2. The lowest BCUT2D eigenvalue weighted by molar-refractivity contribution is -0.140. The summed E-state index contributed by atoms with van der Waals surface area (Å²) >= 11 is 0. The van der Waals surface area contributed by atoms with Crippen LogP contribution in [-0.2, 0) is 14.3 Å². The molecule has 6 nitrogen and oxygen atoms in total. The highest BCUT2D eigenvalue weighted by molar-refractivity contribution is 6.00. The molecule has 2 N–H and O–H groups in total. The fourth-order valence-corrected chi connectivity index (χ4v) is 2.84. The monoisotopic (exact) mass is 305 g/mol. The summed E-state index contributed by atoms with van der Waals surface area (Å²) in [4.78, 5) is 35.0. The number of methoxy groups -OCH3 is 1. The number of benzene rings is 1. The van der Waals surface area contributed by atoms with Crippen molar-refractivity contribution in [2.24, 2.45) is 17.3 Å². The molecule has 0 unspecified atom stereocenters. The van der Waals surface area contributed by atoms with Crippen LogP contribution in [-0.4, -0.2) is 30.1 Å². The summed E-state index contributed by atoms with van der Waals surface area (Å²) in [5, 5.41) is 11.8. The average molecular weight is 305 g/mol. The second-order valence-corrected chi connectivity index (χ2v) is 6.13. The number of carboxylic acids is 1. The standard InChI is InChI=1S/C16H19NO5/c1-8-5-6-9(7-10(8)15(21)22-4)17-13(18)11-12(14(19)20)16(11,2)3/h5-7,11-12H,1-4H3,(H,17,18)(H,19,20)/t11-,12+/m0/s1. The number of amides is 1. The van der Waals surface area contributed by atoms with E-state index in [4.69, 9.17) is 5.11 Å². The summed E-state index contributed by atoms with van der Waals surface area (Å²) in [6.07, 6.45) is 0. The van der Waals surface area contributed by atoms with Crippen LogP contribution in [0.4, 0.5) is 5.69 Å². The van der Waals surface area contributed by atoms with Gasteiger partial charge in [-0.05, 0) is 30.0 Å². The zero-order valence-corrected chi connectivity index (χ0v) is 13.0. The lowest BCUT2D eigenvalue weighted by Crippen LogP contribution is -2.18. The van der Waals surface area contributed by atoms with E-state index in [1.54, 1.807) is 32.9 Å².